The normalized spacial score (nSPS) is 26.0. The van der Waals surface area contributed by atoms with Crippen LogP contribution in [-0.2, 0) is 14.6 Å². The van der Waals surface area contributed by atoms with E-state index in [0.29, 0.717) is 12.8 Å². The van der Waals surface area contributed by atoms with Crippen molar-refractivity contribution < 1.29 is 13.2 Å². The summed E-state index contributed by atoms with van der Waals surface area (Å²) in [5.41, 5.74) is 0. The number of nitriles is 1. The SMILES string of the molecule is CC(C)C(C#N)C(=O)C1CCCCS1(=O)=O. The van der Waals surface area contributed by atoms with Gasteiger partial charge in [-0.1, -0.05) is 20.3 Å². The molecule has 1 aliphatic rings. The zero-order chi connectivity index (χ0) is 12.3. The standard InChI is InChI=1S/C11H17NO3S/c1-8(2)9(7-12)11(13)10-5-3-4-6-16(10,14)15/h8-10H,3-6H2,1-2H3. The topological polar surface area (TPSA) is 75.0 Å². The van der Waals surface area contributed by atoms with Crippen LogP contribution in [0.25, 0.3) is 0 Å². The summed E-state index contributed by atoms with van der Waals surface area (Å²) in [5.74, 6) is -1.25. The van der Waals surface area contributed by atoms with Crippen molar-refractivity contribution in [3.8, 4) is 6.07 Å². The highest BCUT2D eigenvalue weighted by molar-refractivity contribution is 7.92. The number of carbonyl (C=O) groups excluding carboxylic acids is 1. The molecule has 1 saturated heterocycles. The second kappa shape index (κ2) is 4.96. The molecule has 1 fully saturated rings. The summed E-state index contributed by atoms with van der Waals surface area (Å²) in [7, 11) is -3.31. The fourth-order valence-electron chi connectivity index (χ4n) is 2.02. The lowest BCUT2D eigenvalue weighted by Crippen LogP contribution is -2.40. The Morgan fingerprint density at radius 3 is 2.44 bits per heavy atom. The van der Waals surface area contributed by atoms with Crippen LogP contribution in [0.4, 0.5) is 0 Å². The Labute approximate surface area is 96.6 Å². The molecular formula is C11H17NO3S. The molecule has 0 spiro atoms. The van der Waals surface area contributed by atoms with Crippen molar-refractivity contribution in [2.75, 3.05) is 5.75 Å². The molecule has 0 saturated carbocycles. The first-order chi connectivity index (χ1) is 7.40. The number of ketones is 1. The maximum atomic E-state index is 12.0. The molecule has 16 heavy (non-hydrogen) atoms. The minimum Gasteiger partial charge on any atom is -0.297 e. The van der Waals surface area contributed by atoms with E-state index in [1.807, 2.05) is 6.07 Å². The molecule has 0 aromatic rings. The van der Waals surface area contributed by atoms with E-state index >= 15 is 0 Å². The highest BCUT2D eigenvalue weighted by Crippen LogP contribution is 2.25. The van der Waals surface area contributed by atoms with Crippen LogP contribution in [0.15, 0.2) is 0 Å². The molecule has 1 heterocycles. The lowest BCUT2D eigenvalue weighted by Gasteiger charge is -2.24. The van der Waals surface area contributed by atoms with Gasteiger partial charge in [0.15, 0.2) is 15.6 Å². The minimum absolute atomic E-state index is 0.0830. The van der Waals surface area contributed by atoms with Crippen molar-refractivity contribution in [1.82, 2.24) is 0 Å². The number of Topliss-reactive ketones (excluding diaryl/α,β-unsaturated/α-hetero) is 1. The Hall–Kier alpha value is -0.890. The summed E-state index contributed by atoms with van der Waals surface area (Å²) < 4.78 is 23.5. The van der Waals surface area contributed by atoms with E-state index in [1.165, 1.54) is 0 Å². The number of hydrogen-bond acceptors (Lipinski definition) is 4. The second-order valence-electron chi connectivity index (χ2n) is 4.60. The molecule has 0 aromatic carbocycles. The summed E-state index contributed by atoms with van der Waals surface area (Å²) in [6.07, 6.45) is 1.77. The van der Waals surface area contributed by atoms with Crippen LogP contribution in [0.5, 0.6) is 0 Å². The molecule has 2 unspecified atom stereocenters. The van der Waals surface area contributed by atoms with Crippen molar-refractivity contribution in [3.05, 3.63) is 0 Å². The van der Waals surface area contributed by atoms with Gasteiger partial charge in [0, 0.05) is 0 Å². The first kappa shape index (κ1) is 13.2. The van der Waals surface area contributed by atoms with E-state index in [9.17, 15) is 13.2 Å². The summed E-state index contributed by atoms with van der Waals surface area (Å²) in [4.78, 5) is 12.0. The van der Waals surface area contributed by atoms with Crippen molar-refractivity contribution in [2.45, 2.75) is 38.4 Å². The van der Waals surface area contributed by atoms with E-state index in [4.69, 9.17) is 5.26 Å². The first-order valence-electron chi connectivity index (χ1n) is 5.55. The zero-order valence-electron chi connectivity index (χ0n) is 9.64. The van der Waals surface area contributed by atoms with Crippen LogP contribution in [0.2, 0.25) is 0 Å². The zero-order valence-corrected chi connectivity index (χ0v) is 10.5. The molecule has 4 nitrogen and oxygen atoms in total. The lowest BCUT2D eigenvalue weighted by molar-refractivity contribution is -0.122. The number of hydrogen-bond donors (Lipinski definition) is 0. The molecule has 90 valence electrons. The van der Waals surface area contributed by atoms with Gasteiger partial charge in [-0.2, -0.15) is 5.26 Å². The van der Waals surface area contributed by atoms with E-state index in [0.717, 1.165) is 6.42 Å². The van der Waals surface area contributed by atoms with Gasteiger partial charge in [0.1, 0.15) is 11.2 Å². The van der Waals surface area contributed by atoms with Gasteiger partial charge in [0.05, 0.1) is 11.8 Å². The van der Waals surface area contributed by atoms with E-state index in [-0.39, 0.29) is 11.7 Å². The van der Waals surface area contributed by atoms with Crippen molar-refractivity contribution >= 4 is 15.6 Å². The van der Waals surface area contributed by atoms with E-state index in [1.54, 1.807) is 13.8 Å². The fourth-order valence-corrected chi connectivity index (χ4v) is 3.93. The molecule has 1 rings (SSSR count). The molecular weight excluding hydrogens is 226 g/mol. The van der Waals surface area contributed by atoms with Crippen LogP contribution in [-0.4, -0.2) is 25.2 Å². The van der Waals surface area contributed by atoms with Gasteiger partial charge < -0.3 is 0 Å². The quantitative estimate of drug-likeness (QED) is 0.749. The maximum Gasteiger partial charge on any atom is 0.168 e. The summed E-state index contributed by atoms with van der Waals surface area (Å²) in [6.45, 7) is 3.53. The summed E-state index contributed by atoms with van der Waals surface area (Å²) >= 11 is 0. The summed E-state index contributed by atoms with van der Waals surface area (Å²) in [5, 5.41) is 7.97. The van der Waals surface area contributed by atoms with Gasteiger partial charge in [0.2, 0.25) is 0 Å². The van der Waals surface area contributed by atoms with Gasteiger partial charge in [-0.15, -0.1) is 0 Å². The number of rotatable bonds is 3. The molecule has 2 atom stereocenters. The Morgan fingerprint density at radius 2 is 2.00 bits per heavy atom. The first-order valence-corrected chi connectivity index (χ1v) is 7.26. The van der Waals surface area contributed by atoms with E-state index < -0.39 is 26.8 Å². The molecule has 0 N–H and O–H groups in total. The van der Waals surface area contributed by atoms with Gasteiger partial charge in [0.25, 0.3) is 0 Å². The lowest BCUT2D eigenvalue weighted by atomic mass is 9.90. The van der Waals surface area contributed by atoms with Crippen LogP contribution in [0, 0.1) is 23.2 Å². The van der Waals surface area contributed by atoms with Crippen LogP contribution >= 0.6 is 0 Å². The summed E-state index contributed by atoms with van der Waals surface area (Å²) in [6, 6.07) is 1.92. The second-order valence-corrected chi connectivity index (χ2v) is 6.91. The smallest absolute Gasteiger partial charge is 0.168 e. The maximum absolute atomic E-state index is 12.0. The molecule has 1 aliphatic heterocycles. The highest BCUT2D eigenvalue weighted by atomic mass is 32.2. The van der Waals surface area contributed by atoms with Crippen molar-refractivity contribution in [1.29, 1.82) is 5.26 Å². The number of carbonyl (C=O) groups is 1. The highest BCUT2D eigenvalue weighted by Gasteiger charge is 2.39. The predicted molar refractivity (Wildman–Crippen MR) is 60.4 cm³/mol. The Kier molecular flexibility index (Phi) is 4.09. The molecule has 5 heteroatoms. The number of nitrogens with zero attached hydrogens (tertiary/aromatic N) is 1. The average molecular weight is 243 g/mol. The van der Waals surface area contributed by atoms with Gasteiger partial charge in [-0.3, -0.25) is 4.79 Å². The Balaban J connectivity index is 2.92. The van der Waals surface area contributed by atoms with Crippen molar-refractivity contribution in [3.63, 3.8) is 0 Å². The molecule has 0 aromatic heterocycles. The van der Waals surface area contributed by atoms with Gasteiger partial charge in [-0.25, -0.2) is 8.42 Å². The van der Waals surface area contributed by atoms with Crippen molar-refractivity contribution in [2.24, 2.45) is 11.8 Å². The van der Waals surface area contributed by atoms with Crippen LogP contribution in [0.1, 0.15) is 33.1 Å². The van der Waals surface area contributed by atoms with Gasteiger partial charge >= 0.3 is 0 Å². The molecule has 0 aliphatic carbocycles. The van der Waals surface area contributed by atoms with Crippen LogP contribution in [0.3, 0.4) is 0 Å². The Morgan fingerprint density at radius 1 is 1.38 bits per heavy atom. The average Bonchev–Trinajstić information content (AvgIpc) is 2.17. The third-order valence-electron chi connectivity index (χ3n) is 3.01. The van der Waals surface area contributed by atoms with Crippen LogP contribution < -0.4 is 0 Å². The third-order valence-corrected chi connectivity index (χ3v) is 5.20. The Bertz CT molecular complexity index is 405. The predicted octanol–water partition coefficient (Wildman–Crippen LogP) is 1.32. The van der Waals surface area contributed by atoms with E-state index in [2.05, 4.69) is 0 Å². The molecule has 0 bridgehead atoms. The third kappa shape index (κ3) is 2.62. The number of sulfone groups is 1. The molecule has 0 radical (unpaired) electrons. The minimum atomic E-state index is -3.31. The largest absolute Gasteiger partial charge is 0.297 e. The van der Waals surface area contributed by atoms with Gasteiger partial charge in [-0.05, 0) is 18.8 Å². The fraction of sp³-hybridized carbons (Fsp3) is 0.818. The monoisotopic (exact) mass is 243 g/mol. The molecule has 0 amide bonds.